The fourth-order valence-electron chi connectivity index (χ4n) is 15.9. The maximum Gasteiger partial charge on any atom is 0.397 e. The molecule has 0 radical (unpaired) electrons. The van der Waals surface area contributed by atoms with Crippen molar-refractivity contribution in [3.8, 4) is 0 Å². The zero-order valence-corrected chi connectivity index (χ0v) is 68.0. The number of ether oxygens (including phenoxy) is 19. The Hall–Kier alpha value is -4.01. The number of hydrogen-bond donors (Lipinski definition) is 30. The van der Waals surface area contributed by atoms with E-state index in [-0.39, 0.29) is 0 Å². The lowest BCUT2D eigenvalue weighted by atomic mass is 9.93. The Balaban J connectivity index is 1.04. The third-order valence-electron chi connectivity index (χ3n) is 22.6. The van der Waals surface area contributed by atoms with Gasteiger partial charge in [-0.2, -0.15) is 8.42 Å². The van der Waals surface area contributed by atoms with Gasteiger partial charge in [-0.25, -0.2) is 4.18 Å². The first-order chi connectivity index (χ1) is 58.8. The van der Waals surface area contributed by atoms with E-state index in [1.807, 2.05) is 0 Å². The van der Waals surface area contributed by atoms with Crippen molar-refractivity contribution >= 4 is 34.0 Å². The van der Waals surface area contributed by atoms with Gasteiger partial charge in [0.25, 0.3) is 0 Å². The molecular formula is C68H114N4O52S. The van der Waals surface area contributed by atoms with E-state index in [4.69, 9.17) is 94.2 Å². The van der Waals surface area contributed by atoms with Crippen LogP contribution >= 0.6 is 0 Å². The number of aliphatic hydroxyl groups excluding tert-OH is 25. The number of rotatable bonds is 32. The molecule has 0 spiro atoms. The summed E-state index contributed by atoms with van der Waals surface area (Å²) < 4.78 is 154. The van der Waals surface area contributed by atoms with Crippen molar-refractivity contribution in [1.82, 2.24) is 21.3 Å². The Morgan fingerprint density at radius 2 is 0.584 bits per heavy atom. The van der Waals surface area contributed by atoms with Gasteiger partial charge in [0, 0.05) is 27.7 Å². The molecule has 125 heavy (non-hydrogen) atoms. The van der Waals surface area contributed by atoms with Crippen molar-refractivity contribution in [1.29, 1.82) is 0 Å². The summed E-state index contributed by atoms with van der Waals surface area (Å²) in [5.41, 5.74) is 0. The SMILES string of the molecule is CC(=O)N[C@@H]1[C@H](O[C@@H]2[C@@H](O[C@@H]3[C@H](O)[C@H](O[C@H]4[C@H](O)[C@@H](NC(C)=O)[C@H](O[C@H]5[C@H](O)[C@@H](NC(C)=O)[C@H](O)O[C@@H]5CO[C@@H]5O[C@@H](C)[C@@H](O)[C@@H](O)[C@@H]5O)O[C@@H]4CO)O[C@H](CO[C@H]4O[C@H](CO)[C@@H](O)[C@H](O)[C@@H]4O[C@@H]4O[C@H](CO)[C@@H](O)[C@H](O)[C@H]4NC(C)=O)[C@H]3O)O[C@H](CO)[C@@H](O)[C@@H]2O)O[C@H](COS(=O)(=O)O)[C@@H](O[C@@H]2O[C@H](CO)[C@H](O)[C@H](O)[C@H]2O)[C@@H]1O[C@@H]1O[C@@H](C)[C@@H](O)[C@@H](O)[C@@H]1O. The third-order valence-corrected chi connectivity index (χ3v) is 23.0. The smallest absolute Gasteiger partial charge is 0.394 e. The largest absolute Gasteiger partial charge is 0.397 e. The van der Waals surface area contributed by atoms with Gasteiger partial charge in [-0.1, -0.05) is 0 Å². The molecule has 10 saturated heterocycles. The van der Waals surface area contributed by atoms with Gasteiger partial charge in [-0.15, -0.1) is 0 Å². The van der Waals surface area contributed by atoms with Crippen LogP contribution in [-0.4, -0.2) is 524 Å². The van der Waals surface area contributed by atoms with Crippen LogP contribution in [0.15, 0.2) is 0 Å². The number of carbonyl (C=O) groups excluding carboxylic acids is 4. The summed E-state index contributed by atoms with van der Waals surface area (Å²) in [6, 6.07) is -7.87. The van der Waals surface area contributed by atoms with Crippen LogP contribution in [0.4, 0.5) is 0 Å². The van der Waals surface area contributed by atoms with Crippen molar-refractivity contribution in [3.63, 3.8) is 0 Å². The number of nitrogens with one attached hydrogen (secondary N) is 4. The predicted octanol–water partition coefficient (Wildman–Crippen LogP) is -20.3. The van der Waals surface area contributed by atoms with E-state index < -0.39 is 394 Å². The highest BCUT2D eigenvalue weighted by Crippen LogP contribution is 2.41. The van der Waals surface area contributed by atoms with Gasteiger partial charge < -0.3 is 239 Å². The van der Waals surface area contributed by atoms with Gasteiger partial charge in [-0.05, 0) is 13.8 Å². The van der Waals surface area contributed by atoms with Crippen molar-refractivity contribution < 1.29 is 254 Å². The van der Waals surface area contributed by atoms with E-state index in [0.29, 0.717) is 0 Å². The normalized spacial score (nSPS) is 48.9. The number of amides is 4. The Labute approximate surface area is 708 Å². The average molecular weight is 1850 g/mol. The van der Waals surface area contributed by atoms with E-state index in [2.05, 4.69) is 21.3 Å². The van der Waals surface area contributed by atoms with E-state index in [1.165, 1.54) is 13.8 Å². The lowest BCUT2D eigenvalue weighted by Gasteiger charge is -2.52. The quantitative estimate of drug-likeness (QED) is 0.0278. The summed E-state index contributed by atoms with van der Waals surface area (Å²) in [6.45, 7) is -3.37. The lowest BCUT2D eigenvalue weighted by molar-refractivity contribution is -0.403. The molecule has 50 atom stereocenters. The minimum absolute atomic E-state index is 0.833. The summed E-state index contributed by atoms with van der Waals surface area (Å²) in [5.74, 6) is -3.89. The summed E-state index contributed by atoms with van der Waals surface area (Å²) in [5, 5.41) is 290. The summed E-state index contributed by atoms with van der Waals surface area (Å²) in [6.07, 6.45) is -99.0. The molecule has 0 aliphatic carbocycles. The second-order valence-corrected chi connectivity index (χ2v) is 32.6. The molecule has 0 unspecified atom stereocenters. The Kier molecular flexibility index (Phi) is 36.5. The first-order valence-electron chi connectivity index (χ1n) is 39.5. The Bertz CT molecular complexity index is 3550. The van der Waals surface area contributed by atoms with E-state index in [9.17, 15) is 160 Å². The van der Waals surface area contributed by atoms with E-state index in [1.54, 1.807) is 0 Å². The highest BCUT2D eigenvalue weighted by atomic mass is 32.3. The fraction of sp³-hybridized carbons (Fsp3) is 0.941. The molecule has 10 aliphatic rings. The first-order valence-corrected chi connectivity index (χ1v) is 40.9. The van der Waals surface area contributed by atoms with Crippen LogP contribution < -0.4 is 21.3 Å². The molecule has 10 aliphatic heterocycles. The molecule has 10 heterocycles. The lowest BCUT2D eigenvalue weighted by Crippen LogP contribution is -2.71. The van der Waals surface area contributed by atoms with Crippen LogP contribution in [0.5, 0.6) is 0 Å². The van der Waals surface area contributed by atoms with Crippen molar-refractivity contribution in [2.24, 2.45) is 0 Å². The topological polar surface area (TPSA) is 861 Å². The van der Waals surface area contributed by atoms with E-state index >= 15 is 0 Å². The van der Waals surface area contributed by atoms with Crippen LogP contribution in [0.3, 0.4) is 0 Å². The van der Waals surface area contributed by atoms with E-state index in [0.717, 1.165) is 27.7 Å². The average Bonchev–Trinajstić information content (AvgIpc) is 0.730. The molecule has 0 aromatic heterocycles. The number of carbonyl (C=O) groups is 4. The highest BCUT2D eigenvalue weighted by Gasteiger charge is 2.62. The van der Waals surface area contributed by atoms with Crippen molar-refractivity contribution in [2.75, 3.05) is 52.9 Å². The molecule has 0 saturated carbocycles. The van der Waals surface area contributed by atoms with Gasteiger partial charge in [0.2, 0.25) is 23.6 Å². The summed E-state index contributed by atoms with van der Waals surface area (Å²) >= 11 is 0. The molecule has 10 rings (SSSR count). The molecule has 0 aromatic rings. The van der Waals surface area contributed by atoms with Crippen LogP contribution in [0.1, 0.15) is 41.5 Å². The highest BCUT2D eigenvalue weighted by molar-refractivity contribution is 7.80. The zero-order chi connectivity index (χ0) is 92.3. The van der Waals surface area contributed by atoms with Crippen LogP contribution in [-0.2, 0) is 124 Å². The van der Waals surface area contributed by atoms with Gasteiger partial charge >= 0.3 is 10.4 Å². The van der Waals surface area contributed by atoms with Gasteiger partial charge in [-0.3, -0.25) is 23.7 Å². The molecule has 10 fully saturated rings. The number of hydrogen-bond acceptors (Lipinski definition) is 51. The molecule has 0 aromatic carbocycles. The van der Waals surface area contributed by atoms with Gasteiger partial charge in [0.1, 0.15) is 232 Å². The van der Waals surface area contributed by atoms with Crippen molar-refractivity contribution in [3.05, 3.63) is 0 Å². The Morgan fingerprint density at radius 1 is 0.264 bits per heavy atom. The minimum Gasteiger partial charge on any atom is -0.394 e. The molecule has 724 valence electrons. The molecule has 57 heteroatoms. The van der Waals surface area contributed by atoms with Crippen LogP contribution in [0, 0.1) is 0 Å². The fourth-order valence-corrected chi connectivity index (χ4v) is 16.2. The summed E-state index contributed by atoms with van der Waals surface area (Å²) in [7, 11) is -5.64. The second-order valence-electron chi connectivity index (χ2n) is 31.5. The standard InChI is InChI=1S/C68H114N4O52S/c1-15-33(82)43(92)48(97)63(108-15)105-13-27-53(41(90)29(59(101)110-27)69-17(3)78)118-61-31(71-19(5)80)42(91)52(25(11-77)115-61)119-66-51(100)56(39(88)26(116-66)12-106-67-57(46(95)37(86)23(9-75)113-67)123-60-30(70-18(4)79)40(89)35(84)21(7-73)111-60)122-68-58(47(96)38(87)24(10-76)114-68)124-62-32(72-20(6)81)55(121-64-49(98)44(93)34(83)16(2)109-64)54(28(117-62)14-107-125(102,103)104)120-65-50(99)45(94)36(85)22(8-74)112-65/h15-16,21-68,73-77,82-101H,7-14H2,1-6H3,(H,69,78)(H,70,79)(H,71,80)(H,72,81)(H,102,103,104)/t15-,16-,21+,22+,23+,24+,25+,26+,27+,28+,29+,30+,31+,32-,33+,34+,35+,36-,37+,38+,39+,40+,41+,42+,43+,44+,45-,46-,47-,48-,49-,50+,51-,52+,53+,54+,55+,56-,57-,58-,59+,60-,61-,62-,63+,64-,65-,66-,67-,68+/m0/s1. The second kappa shape index (κ2) is 44.2. The van der Waals surface area contributed by atoms with Crippen molar-refractivity contribution in [2.45, 2.75) is 348 Å². The van der Waals surface area contributed by atoms with Crippen LogP contribution in [0.2, 0.25) is 0 Å². The molecule has 4 amide bonds. The van der Waals surface area contributed by atoms with Gasteiger partial charge in [0.05, 0.1) is 65.1 Å². The summed E-state index contributed by atoms with van der Waals surface area (Å²) in [4.78, 5) is 51.9. The molecule has 56 nitrogen and oxygen atoms in total. The molecule has 0 bridgehead atoms. The first kappa shape index (κ1) is 103. The third kappa shape index (κ3) is 23.6. The Morgan fingerprint density at radius 3 is 1.10 bits per heavy atom. The predicted molar refractivity (Wildman–Crippen MR) is 384 cm³/mol. The molecule has 30 N–H and O–H groups in total. The minimum atomic E-state index is -5.64. The maximum absolute atomic E-state index is 13.6. The van der Waals surface area contributed by atoms with Crippen LogP contribution in [0.25, 0.3) is 0 Å². The van der Waals surface area contributed by atoms with Gasteiger partial charge in [0.15, 0.2) is 62.9 Å². The number of aliphatic hydroxyl groups is 25. The molecular weight excluding hydrogens is 1740 g/mol. The monoisotopic (exact) mass is 1850 g/mol. The zero-order valence-electron chi connectivity index (χ0n) is 67.2. The maximum atomic E-state index is 13.6.